The van der Waals surface area contributed by atoms with Gasteiger partial charge in [0.15, 0.2) is 5.82 Å². The van der Waals surface area contributed by atoms with Crippen LogP contribution < -0.4 is 4.90 Å². The van der Waals surface area contributed by atoms with E-state index in [-0.39, 0.29) is 23.7 Å². The van der Waals surface area contributed by atoms with Gasteiger partial charge in [-0.1, -0.05) is 12.1 Å². The molecule has 1 fully saturated rings. The fourth-order valence-electron chi connectivity index (χ4n) is 4.32. The van der Waals surface area contributed by atoms with Gasteiger partial charge in [-0.05, 0) is 57.7 Å². The van der Waals surface area contributed by atoms with Gasteiger partial charge in [0.25, 0.3) is 5.91 Å². The number of nitrogens with zero attached hydrogens (tertiary/aromatic N) is 4. The molecule has 2 aliphatic heterocycles. The van der Waals surface area contributed by atoms with E-state index >= 15 is 0 Å². The molecular weight excluding hydrogens is 399 g/mol. The molecule has 2 aromatic rings. The molecule has 0 unspecified atom stereocenters. The van der Waals surface area contributed by atoms with Gasteiger partial charge in [-0.2, -0.15) is 0 Å². The molecule has 2 amide bonds. The lowest BCUT2D eigenvalue weighted by molar-refractivity contribution is -0.149. The fourth-order valence-corrected chi connectivity index (χ4v) is 4.32. The van der Waals surface area contributed by atoms with E-state index in [2.05, 4.69) is 4.98 Å². The molecule has 1 aromatic carbocycles. The first kappa shape index (κ1) is 21.4. The van der Waals surface area contributed by atoms with Crippen molar-refractivity contribution in [3.05, 3.63) is 52.7 Å². The molecule has 2 aliphatic rings. The van der Waals surface area contributed by atoms with E-state index in [0.29, 0.717) is 44.0 Å². The van der Waals surface area contributed by atoms with Crippen molar-refractivity contribution >= 4 is 17.6 Å². The van der Waals surface area contributed by atoms with Crippen LogP contribution in [0.25, 0.3) is 0 Å². The second-order valence-electron chi connectivity index (χ2n) is 8.79. The van der Waals surface area contributed by atoms with Gasteiger partial charge < -0.3 is 10.0 Å². The first-order chi connectivity index (χ1) is 14.6. The second-order valence-corrected chi connectivity index (χ2v) is 8.79. The minimum atomic E-state index is -1.48. The van der Waals surface area contributed by atoms with Gasteiger partial charge in [0.2, 0.25) is 5.91 Å². The van der Waals surface area contributed by atoms with Gasteiger partial charge >= 0.3 is 0 Å². The summed E-state index contributed by atoms with van der Waals surface area (Å²) in [6.07, 6.45) is 2.43. The second kappa shape index (κ2) is 8.00. The van der Waals surface area contributed by atoms with Crippen molar-refractivity contribution in [2.24, 2.45) is 0 Å². The maximum Gasteiger partial charge on any atom is 0.254 e. The van der Waals surface area contributed by atoms with Crippen LogP contribution in [-0.2, 0) is 22.6 Å². The summed E-state index contributed by atoms with van der Waals surface area (Å²) in [5.74, 6) is 0.327. The van der Waals surface area contributed by atoms with Crippen LogP contribution in [0.15, 0.2) is 24.3 Å². The monoisotopic (exact) mass is 426 g/mol. The normalized spacial score (nSPS) is 19.0. The van der Waals surface area contributed by atoms with Gasteiger partial charge in [-0.15, -0.1) is 0 Å². The highest BCUT2D eigenvalue weighted by atomic mass is 19.1. The molecule has 0 radical (unpaired) electrons. The number of anilines is 1. The van der Waals surface area contributed by atoms with Crippen LogP contribution in [0.3, 0.4) is 0 Å². The number of aromatic nitrogens is 2. The lowest BCUT2D eigenvalue weighted by Crippen LogP contribution is -2.45. The van der Waals surface area contributed by atoms with E-state index in [9.17, 15) is 19.1 Å². The summed E-state index contributed by atoms with van der Waals surface area (Å²) < 4.78 is 13.3. The third kappa shape index (κ3) is 4.17. The minimum Gasteiger partial charge on any atom is -0.381 e. The van der Waals surface area contributed by atoms with Crippen LogP contribution in [0.5, 0.6) is 0 Å². The van der Waals surface area contributed by atoms with E-state index < -0.39 is 5.60 Å². The van der Waals surface area contributed by atoms with Crippen LogP contribution >= 0.6 is 0 Å². The zero-order valence-corrected chi connectivity index (χ0v) is 18.1. The van der Waals surface area contributed by atoms with Crippen LogP contribution in [0, 0.1) is 12.7 Å². The summed E-state index contributed by atoms with van der Waals surface area (Å²) in [6, 6.07) is 5.73. The SMILES string of the molecule is Cc1nc([C@H]2CCCN2C(=O)C(C)(C)O)nc2c1CCC(=O)N2Cc1ccc(F)cc1. The minimum absolute atomic E-state index is 0.0447. The number of likely N-dealkylation sites (tertiary alicyclic amines) is 1. The number of hydrogen-bond acceptors (Lipinski definition) is 5. The van der Waals surface area contributed by atoms with E-state index in [1.807, 2.05) is 6.92 Å². The molecule has 8 heteroatoms. The van der Waals surface area contributed by atoms with Gasteiger partial charge in [-0.3, -0.25) is 14.5 Å². The molecular formula is C23H27FN4O3. The van der Waals surface area contributed by atoms with Crippen molar-refractivity contribution in [1.29, 1.82) is 0 Å². The van der Waals surface area contributed by atoms with Crippen molar-refractivity contribution in [2.45, 2.75) is 64.6 Å². The van der Waals surface area contributed by atoms with Gasteiger partial charge in [0.1, 0.15) is 17.2 Å². The first-order valence-electron chi connectivity index (χ1n) is 10.6. The highest BCUT2D eigenvalue weighted by Gasteiger charge is 2.39. The molecule has 0 saturated carbocycles. The third-order valence-electron chi connectivity index (χ3n) is 5.94. The number of amides is 2. The number of hydrogen-bond donors (Lipinski definition) is 1. The lowest BCUT2D eigenvalue weighted by atomic mass is 10.0. The number of benzene rings is 1. The summed E-state index contributed by atoms with van der Waals surface area (Å²) in [5, 5.41) is 10.2. The Labute approximate surface area is 180 Å². The third-order valence-corrected chi connectivity index (χ3v) is 5.94. The van der Waals surface area contributed by atoms with Gasteiger partial charge in [0, 0.05) is 24.2 Å². The molecule has 1 atom stereocenters. The molecule has 3 heterocycles. The Morgan fingerprint density at radius 3 is 2.61 bits per heavy atom. The fraction of sp³-hybridized carbons (Fsp3) is 0.478. The van der Waals surface area contributed by atoms with Crippen molar-refractivity contribution in [2.75, 3.05) is 11.4 Å². The van der Waals surface area contributed by atoms with Gasteiger partial charge in [0.05, 0.1) is 12.6 Å². The van der Waals surface area contributed by atoms with Crippen molar-refractivity contribution in [3.63, 3.8) is 0 Å². The molecule has 1 N–H and O–H groups in total. The summed E-state index contributed by atoms with van der Waals surface area (Å²) in [5.41, 5.74) is 1.04. The van der Waals surface area contributed by atoms with Crippen LogP contribution in [0.1, 0.15) is 61.8 Å². The maximum atomic E-state index is 13.3. The van der Waals surface area contributed by atoms with Crippen molar-refractivity contribution < 1.29 is 19.1 Å². The molecule has 7 nitrogen and oxygen atoms in total. The number of rotatable bonds is 4. The predicted octanol–water partition coefficient (Wildman–Crippen LogP) is 2.84. The standard InChI is InChI=1S/C23H27FN4O3/c1-14-17-10-11-19(29)28(13-15-6-8-16(24)9-7-15)21(17)26-20(25-14)18-5-4-12-27(18)22(30)23(2,3)31/h6-9,18,31H,4-5,10-13H2,1-3H3/t18-/m1/s1. The average Bonchev–Trinajstić information content (AvgIpc) is 3.20. The lowest BCUT2D eigenvalue weighted by Gasteiger charge is -2.32. The molecule has 0 aliphatic carbocycles. The highest BCUT2D eigenvalue weighted by molar-refractivity contribution is 5.95. The van der Waals surface area contributed by atoms with Gasteiger partial charge in [-0.25, -0.2) is 14.4 Å². The number of carbonyl (C=O) groups excluding carboxylic acids is 2. The van der Waals surface area contributed by atoms with Crippen molar-refractivity contribution in [3.8, 4) is 0 Å². The van der Waals surface area contributed by atoms with E-state index in [1.165, 1.54) is 26.0 Å². The number of aliphatic hydroxyl groups is 1. The smallest absolute Gasteiger partial charge is 0.254 e. The molecule has 4 rings (SSSR count). The maximum absolute atomic E-state index is 13.3. The molecule has 1 aromatic heterocycles. The van der Waals surface area contributed by atoms with E-state index in [0.717, 1.165) is 23.2 Å². The Bertz CT molecular complexity index is 1020. The highest BCUT2D eigenvalue weighted by Crippen LogP contribution is 2.36. The molecule has 0 bridgehead atoms. The molecule has 164 valence electrons. The number of fused-ring (bicyclic) bond motifs is 1. The Hall–Kier alpha value is -2.87. The average molecular weight is 426 g/mol. The number of carbonyl (C=O) groups is 2. The zero-order chi connectivity index (χ0) is 22.3. The largest absolute Gasteiger partial charge is 0.381 e. The topological polar surface area (TPSA) is 86.6 Å². The van der Waals surface area contributed by atoms with E-state index in [1.54, 1.807) is 21.9 Å². The van der Waals surface area contributed by atoms with E-state index in [4.69, 9.17) is 4.98 Å². The predicted molar refractivity (Wildman–Crippen MR) is 113 cm³/mol. The van der Waals surface area contributed by atoms with Crippen molar-refractivity contribution in [1.82, 2.24) is 14.9 Å². The molecule has 0 spiro atoms. The van der Waals surface area contributed by atoms with Crippen LogP contribution in [0.4, 0.5) is 10.2 Å². The summed E-state index contributed by atoms with van der Waals surface area (Å²) in [7, 11) is 0. The summed E-state index contributed by atoms with van der Waals surface area (Å²) in [4.78, 5) is 38.2. The van der Waals surface area contributed by atoms with Crippen LogP contribution in [0.2, 0.25) is 0 Å². The Kier molecular flexibility index (Phi) is 5.51. The molecule has 31 heavy (non-hydrogen) atoms. The quantitative estimate of drug-likeness (QED) is 0.813. The molecule has 1 saturated heterocycles. The Morgan fingerprint density at radius 2 is 1.94 bits per heavy atom. The summed E-state index contributed by atoms with van der Waals surface area (Å²) in [6.45, 7) is 5.68. The van der Waals surface area contributed by atoms with Crippen LogP contribution in [-0.4, -0.2) is 43.9 Å². The Balaban J connectivity index is 1.71. The first-order valence-corrected chi connectivity index (χ1v) is 10.6. The zero-order valence-electron chi connectivity index (χ0n) is 18.1. The summed E-state index contributed by atoms with van der Waals surface area (Å²) >= 11 is 0. The number of halogens is 1. The number of aryl methyl sites for hydroxylation is 1. The Morgan fingerprint density at radius 1 is 1.23 bits per heavy atom.